The van der Waals surface area contributed by atoms with E-state index < -0.39 is 0 Å². The van der Waals surface area contributed by atoms with E-state index in [1.54, 1.807) is 11.0 Å². The van der Waals surface area contributed by atoms with Crippen LogP contribution in [-0.2, 0) is 17.9 Å². The second-order valence-electron chi connectivity index (χ2n) is 6.52. The third-order valence-corrected chi connectivity index (χ3v) is 5.39. The summed E-state index contributed by atoms with van der Waals surface area (Å²) in [5.41, 5.74) is 2.18. The predicted octanol–water partition coefficient (Wildman–Crippen LogP) is 5.26. The molecule has 0 unspecified atom stereocenters. The minimum atomic E-state index is -0.0466. The molecule has 140 valence electrons. The first-order valence-electron chi connectivity index (χ1n) is 9.09. The Balaban J connectivity index is 1.62. The number of rotatable bonds is 5. The third-order valence-electron chi connectivity index (χ3n) is 4.35. The van der Waals surface area contributed by atoms with Gasteiger partial charge in [-0.15, -0.1) is 0 Å². The van der Waals surface area contributed by atoms with Crippen molar-refractivity contribution in [2.45, 2.75) is 20.0 Å². The van der Waals surface area contributed by atoms with E-state index in [0.717, 1.165) is 16.9 Å². The number of amides is 1. The Labute approximate surface area is 168 Å². The van der Waals surface area contributed by atoms with Gasteiger partial charge in [0.2, 0.25) is 0 Å². The number of benzene rings is 2. The molecule has 0 spiro atoms. The molecule has 1 fully saturated rings. The van der Waals surface area contributed by atoms with Gasteiger partial charge in [0.25, 0.3) is 5.91 Å². The van der Waals surface area contributed by atoms with Crippen molar-refractivity contribution in [1.29, 1.82) is 0 Å². The molecule has 2 heterocycles. The van der Waals surface area contributed by atoms with Gasteiger partial charge in [-0.3, -0.25) is 14.7 Å². The summed E-state index contributed by atoms with van der Waals surface area (Å²) in [6.07, 6.45) is 1.79. The Hall–Kier alpha value is -3.05. The molecule has 28 heavy (non-hydrogen) atoms. The van der Waals surface area contributed by atoms with E-state index in [1.165, 1.54) is 11.8 Å². The molecule has 2 aromatic carbocycles. The van der Waals surface area contributed by atoms with Crippen molar-refractivity contribution in [3.05, 3.63) is 100 Å². The zero-order valence-electron chi connectivity index (χ0n) is 15.5. The summed E-state index contributed by atoms with van der Waals surface area (Å²) >= 11 is 1.40. The van der Waals surface area contributed by atoms with Gasteiger partial charge in [-0.2, -0.15) is 0 Å². The van der Waals surface area contributed by atoms with Crippen molar-refractivity contribution < 1.29 is 9.21 Å². The number of furan rings is 1. The van der Waals surface area contributed by atoms with E-state index in [1.807, 2.05) is 79.7 Å². The summed E-state index contributed by atoms with van der Waals surface area (Å²) in [4.78, 5) is 20.2. The predicted molar refractivity (Wildman–Crippen MR) is 114 cm³/mol. The maximum absolute atomic E-state index is 13.1. The maximum Gasteiger partial charge on any atom is 0.267 e. The van der Waals surface area contributed by atoms with Crippen LogP contribution in [0.15, 0.2) is 87.1 Å². The topological polar surface area (TPSA) is 45.8 Å². The normalized spacial score (nSPS) is 17.0. The number of nitrogens with zero attached hydrogens (tertiary/aromatic N) is 2. The summed E-state index contributed by atoms with van der Waals surface area (Å²) in [6, 6.07) is 23.8. The molecular formula is C23H20N2O2S. The number of hydrogen-bond donors (Lipinski definition) is 0. The van der Waals surface area contributed by atoms with E-state index in [9.17, 15) is 4.79 Å². The van der Waals surface area contributed by atoms with E-state index >= 15 is 0 Å². The Bertz CT molecular complexity index is 1020. The first-order valence-corrected chi connectivity index (χ1v) is 9.91. The Kier molecular flexibility index (Phi) is 5.44. The molecular weight excluding hydrogens is 368 g/mol. The second kappa shape index (κ2) is 8.31. The quantitative estimate of drug-likeness (QED) is 0.560. The fraction of sp³-hybridized carbons (Fsp3) is 0.130. The van der Waals surface area contributed by atoms with Crippen LogP contribution < -0.4 is 0 Å². The van der Waals surface area contributed by atoms with Crippen LogP contribution in [0.4, 0.5) is 0 Å². The van der Waals surface area contributed by atoms with Gasteiger partial charge in [0.15, 0.2) is 5.17 Å². The smallest absolute Gasteiger partial charge is 0.267 e. The van der Waals surface area contributed by atoms with Gasteiger partial charge in [0.1, 0.15) is 11.5 Å². The zero-order chi connectivity index (χ0) is 19.3. The van der Waals surface area contributed by atoms with Crippen molar-refractivity contribution in [3.8, 4) is 0 Å². The first kappa shape index (κ1) is 18.3. The van der Waals surface area contributed by atoms with E-state index in [4.69, 9.17) is 9.41 Å². The van der Waals surface area contributed by atoms with Crippen LogP contribution in [0.1, 0.15) is 22.6 Å². The highest BCUT2D eigenvalue weighted by Crippen LogP contribution is 2.34. The van der Waals surface area contributed by atoms with Crippen LogP contribution in [0, 0.1) is 6.92 Å². The minimum absolute atomic E-state index is 0.0466. The molecule has 1 aromatic heterocycles. The van der Waals surface area contributed by atoms with Gasteiger partial charge < -0.3 is 4.42 Å². The van der Waals surface area contributed by atoms with Crippen molar-refractivity contribution in [3.63, 3.8) is 0 Å². The van der Waals surface area contributed by atoms with Crippen molar-refractivity contribution in [1.82, 2.24) is 4.90 Å². The number of carbonyl (C=O) groups is 1. The molecule has 0 bridgehead atoms. The van der Waals surface area contributed by atoms with E-state index in [2.05, 4.69) is 0 Å². The second-order valence-corrected chi connectivity index (χ2v) is 7.53. The van der Waals surface area contributed by atoms with Gasteiger partial charge in [0, 0.05) is 6.08 Å². The fourth-order valence-electron chi connectivity index (χ4n) is 2.93. The average molecular weight is 388 g/mol. The summed E-state index contributed by atoms with van der Waals surface area (Å²) < 4.78 is 5.61. The highest BCUT2D eigenvalue weighted by atomic mass is 32.2. The molecule has 0 aliphatic carbocycles. The monoisotopic (exact) mass is 388 g/mol. The Morgan fingerprint density at radius 1 is 0.964 bits per heavy atom. The SMILES string of the molecule is Cc1ccc(/C=C2\SC(=NCc3ccccc3)N(Cc3ccccc3)C2=O)o1. The number of carbonyl (C=O) groups excluding carboxylic acids is 1. The molecule has 1 aliphatic heterocycles. The number of thioether (sulfide) groups is 1. The summed E-state index contributed by atoms with van der Waals surface area (Å²) in [5.74, 6) is 1.45. The molecule has 1 aliphatic rings. The lowest BCUT2D eigenvalue weighted by Crippen LogP contribution is -2.28. The van der Waals surface area contributed by atoms with Crippen LogP contribution >= 0.6 is 11.8 Å². The molecule has 4 nitrogen and oxygen atoms in total. The summed E-state index contributed by atoms with van der Waals surface area (Å²) in [5, 5.41) is 0.715. The molecule has 1 amide bonds. The third kappa shape index (κ3) is 4.26. The maximum atomic E-state index is 13.1. The highest BCUT2D eigenvalue weighted by molar-refractivity contribution is 8.18. The number of aliphatic imine (C=N–C) groups is 1. The lowest BCUT2D eigenvalue weighted by atomic mass is 10.2. The lowest BCUT2D eigenvalue weighted by Gasteiger charge is -2.15. The largest absolute Gasteiger partial charge is 0.462 e. The molecule has 3 aromatic rings. The van der Waals surface area contributed by atoms with Gasteiger partial charge in [0.05, 0.1) is 18.0 Å². The molecule has 0 radical (unpaired) electrons. The summed E-state index contributed by atoms with van der Waals surface area (Å²) in [7, 11) is 0. The minimum Gasteiger partial charge on any atom is -0.462 e. The van der Waals surface area contributed by atoms with E-state index in [-0.39, 0.29) is 5.91 Å². The van der Waals surface area contributed by atoms with Crippen molar-refractivity contribution in [2.24, 2.45) is 4.99 Å². The van der Waals surface area contributed by atoms with Crippen LogP contribution in [0.5, 0.6) is 0 Å². The van der Waals surface area contributed by atoms with E-state index in [0.29, 0.717) is 28.9 Å². The lowest BCUT2D eigenvalue weighted by molar-refractivity contribution is -0.122. The van der Waals surface area contributed by atoms with Crippen LogP contribution in [0.2, 0.25) is 0 Å². The van der Waals surface area contributed by atoms with Crippen LogP contribution in [-0.4, -0.2) is 16.0 Å². The van der Waals surface area contributed by atoms with Gasteiger partial charge in [-0.1, -0.05) is 60.7 Å². The first-order chi connectivity index (χ1) is 13.7. The van der Waals surface area contributed by atoms with Crippen LogP contribution in [0.3, 0.4) is 0 Å². The van der Waals surface area contributed by atoms with Crippen molar-refractivity contribution >= 4 is 28.9 Å². The molecule has 0 saturated carbocycles. The molecule has 4 rings (SSSR count). The number of hydrogen-bond acceptors (Lipinski definition) is 4. The van der Waals surface area contributed by atoms with Gasteiger partial charge >= 0.3 is 0 Å². The number of aryl methyl sites for hydroxylation is 1. The molecule has 0 atom stereocenters. The molecule has 5 heteroatoms. The summed E-state index contributed by atoms with van der Waals surface area (Å²) in [6.45, 7) is 2.92. The van der Waals surface area contributed by atoms with Gasteiger partial charge in [-0.05, 0) is 41.9 Å². The molecule has 1 saturated heterocycles. The fourth-order valence-corrected chi connectivity index (χ4v) is 3.89. The zero-order valence-corrected chi connectivity index (χ0v) is 16.4. The van der Waals surface area contributed by atoms with Gasteiger partial charge in [-0.25, -0.2) is 0 Å². The Morgan fingerprint density at radius 2 is 1.64 bits per heavy atom. The van der Waals surface area contributed by atoms with Crippen LogP contribution in [0.25, 0.3) is 6.08 Å². The Morgan fingerprint density at radius 3 is 2.29 bits per heavy atom. The standard InChI is InChI=1S/C23H20N2O2S/c1-17-12-13-20(27-17)14-21-22(26)25(16-19-10-6-3-7-11-19)23(28-21)24-15-18-8-4-2-5-9-18/h2-14H,15-16H2,1H3/b21-14-,24-23?. The number of amidine groups is 1. The highest BCUT2D eigenvalue weighted by Gasteiger charge is 2.33. The molecule has 0 N–H and O–H groups in total. The average Bonchev–Trinajstić information content (AvgIpc) is 3.26. The van der Waals surface area contributed by atoms with Crippen molar-refractivity contribution in [2.75, 3.05) is 0 Å².